The molecular formula is C14H17N3O3S. The molecule has 1 aromatic carbocycles. The molecule has 2 N–H and O–H groups in total. The number of sulfonamides is 1. The Morgan fingerprint density at radius 1 is 1.33 bits per heavy atom. The van der Waals surface area contributed by atoms with E-state index >= 15 is 0 Å². The Hall–Kier alpha value is -1.70. The number of rotatable bonds is 3. The molecule has 1 aromatic heterocycles. The molecular weight excluding hydrogens is 290 g/mol. The van der Waals surface area contributed by atoms with Gasteiger partial charge in [-0.15, -0.1) is 0 Å². The zero-order chi connectivity index (χ0) is 15.0. The van der Waals surface area contributed by atoms with Gasteiger partial charge in [0.2, 0.25) is 10.0 Å². The van der Waals surface area contributed by atoms with Gasteiger partial charge in [0, 0.05) is 13.1 Å². The average molecular weight is 307 g/mol. The molecule has 3 rings (SSSR count). The molecule has 0 amide bonds. The van der Waals surface area contributed by atoms with Crippen molar-refractivity contribution >= 4 is 10.0 Å². The van der Waals surface area contributed by atoms with Gasteiger partial charge >= 0.3 is 0 Å². The van der Waals surface area contributed by atoms with Gasteiger partial charge in [0.05, 0.1) is 12.3 Å². The van der Waals surface area contributed by atoms with Crippen LogP contribution in [0, 0.1) is 6.92 Å². The number of nitrogens with one attached hydrogen (secondary N) is 1. The Labute approximate surface area is 123 Å². The maximum absolute atomic E-state index is 12.8. The molecule has 0 bridgehead atoms. The van der Waals surface area contributed by atoms with Crippen LogP contribution >= 0.6 is 0 Å². The van der Waals surface area contributed by atoms with Crippen molar-refractivity contribution in [2.45, 2.75) is 31.4 Å². The van der Waals surface area contributed by atoms with Gasteiger partial charge in [-0.1, -0.05) is 24.3 Å². The normalized spacial score (nSPS) is 15.9. The van der Waals surface area contributed by atoms with Crippen molar-refractivity contribution in [2.75, 3.05) is 6.54 Å². The summed E-state index contributed by atoms with van der Waals surface area (Å²) in [4.78, 5) is 0.101. The van der Waals surface area contributed by atoms with E-state index in [0.29, 0.717) is 25.2 Å². The molecule has 0 fully saturated rings. The van der Waals surface area contributed by atoms with Crippen molar-refractivity contribution in [1.82, 2.24) is 14.5 Å². The summed E-state index contributed by atoms with van der Waals surface area (Å²) in [5.41, 5.74) is 2.85. The fourth-order valence-corrected chi connectivity index (χ4v) is 4.46. The van der Waals surface area contributed by atoms with E-state index in [0.717, 1.165) is 5.56 Å². The van der Waals surface area contributed by atoms with Crippen molar-refractivity contribution in [1.29, 1.82) is 0 Å². The molecule has 7 heteroatoms. The minimum atomic E-state index is -3.66. The van der Waals surface area contributed by atoms with Crippen LogP contribution in [0.4, 0.5) is 0 Å². The average Bonchev–Trinajstić information content (AvgIpc) is 2.88. The molecule has 0 radical (unpaired) electrons. The zero-order valence-corrected chi connectivity index (χ0v) is 12.5. The van der Waals surface area contributed by atoms with Crippen LogP contribution in [-0.4, -0.2) is 34.6 Å². The van der Waals surface area contributed by atoms with Gasteiger partial charge in [-0.05, 0) is 24.5 Å². The fraction of sp³-hybridized carbons (Fsp3) is 0.357. The first-order valence-corrected chi connectivity index (χ1v) is 8.19. The third-order valence-corrected chi connectivity index (χ3v) is 5.85. The van der Waals surface area contributed by atoms with Gasteiger partial charge in [0.25, 0.3) is 0 Å². The molecule has 0 saturated carbocycles. The summed E-state index contributed by atoms with van der Waals surface area (Å²) in [6.07, 6.45) is 0.695. The van der Waals surface area contributed by atoms with Crippen LogP contribution in [0.15, 0.2) is 29.2 Å². The van der Waals surface area contributed by atoms with E-state index in [1.807, 2.05) is 24.3 Å². The molecule has 6 nitrogen and oxygen atoms in total. The topological polar surface area (TPSA) is 86.3 Å². The molecule has 1 aliphatic rings. The molecule has 0 spiro atoms. The maximum Gasteiger partial charge on any atom is 0.247 e. The monoisotopic (exact) mass is 307 g/mol. The lowest BCUT2D eigenvalue weighted by molar-refractivity contribution is 0.272. The lowest BCUT2D eigenvalue weighted by Crippen LogP contribution is -2.36. The van der Waals surface area contributed by atoms with Gasteiger partial charge in [0.15, 0.2) is 0 Å². The van der Waals surface area contributed by atoms with Crippen molar-refractivity contribution < 1.29 is 13.5 Å². The molecule has 2 aromatic rings. The van der Waals surface area contributed by atoms with E-state index in [1.54, 1.807) is 6.92 Å². The van der Waals surface area contributed by atoms with Gasteiger partial charge in [-0.3, -0.25) is 5.10 Å². The third-order valence-electron chi connectivity index (χ3n) is 3.80. The Bertz CT molecular complexity index is 768. The number of benzene rings is 1. The van der Waals surface area contributed by atoms with E-state index in [4.69, 9.17) is 0 Å². The zero-order valence-electron chi connectivity index (χ0n) is 11.7. The number of H-pyrrole nitrogens is 1. The molecule has 21 heavy (non-hydrogen) atoms. The quantitative estimate of drug-likeness (QED) is 0.884. The Kier molecular flexibility index (Phi) is 3.56. The first-order valence-electron chi connectivity index (χ1n) is 6.75. The fourth-order valence-electron chi connectivity index (χ4n) is 2.72. The molecule has 0 atom stereocenters. The molecule has 112 valence electrons. The molecule has 1 aliphatic heterocycles. The molecule has 0 unspecified atom stereocenters. The first-order chi connectivity index (χ1) is 10.0. The largest absolute Gasteiger partial charge is 0.390 e. The summed E-state index contributed by atoms with van der Waals surface area (Å²) < 4.78 is 27.1. The number of nitrogens with zero attached hydrogens (tertiary/aromatic N) is 2. The van der Waals surface area contributed by atoms with Crippen molar-refractivity contribution in [2.24, 2.45) is 0 Å². The number of aromatic nitrogens is 2. The van der Waals surface area contributed by atoms with Crippen LogP contribution < -0.4 is 0 Å². The highest BCUT2D eigenvalue weighted by molar-refractivity contribution is 7.89. The number of aliphatic hydroxyl groups excluding tert-OH is 1. The smallest absolute Gasteiger partial charge is 0.247 e. The second-order valence-corrected chi connectivity index (χ2v) is 7.01. The van der Waals surface area contributed by atoms with E-state index in [1.165, 1.54) is 9.87 Å². The highest BCUT2D eigenvalue weighted by Gasteiger charge is 2.32. The number of aromatic amines is 1. The van der Waals surface area contributed by atoms with E-state index in [2.05, 4.69) is 10.2 Å². The van der Waals surface area contributed by atoms with Crippen molar-refractivity contribution in [3.05, 3.63) is 46.8 Å². The number of hydrogen-bond donors (Lipinski definition) is 2. The predicted molar refractivity (Wildman–Crippen MR) is 77.0 cm³/mol. The van der Waals surface area contributed by atoms with Crippen molar-refractivity contribution in [3.63, 3.8) is 0 Å². The minimum absolute atomic E-state index is 0.101. The summed E-state index contributed by atoms with van der Waals surface area (Å²) in [5.74, 6) is 0. The Morgan fingerprint density at radius 3 is 2.76 bits per heavy atom. The second-order valence-electron chi connectivity index (χ2n) is 5.14. The number of hydrogen-bond acceptors (Lipinski definition) is 4. The summed E-state index contributed by atoms with van der Waals surface area (Å²) >= 11 is 0. The van der Waals surface area contributed by atoms with Gasteiger partial charge in [0.1, 0.15) is 10.6 Å². The van der Waals surface area contributed by atoms with Crippen LogP contribution in [0.1, 0.15) is 22.5 Å². The summed E-state index contributed by atoms with van der Waals surface area (Å²) in [6.45, 7) is 2.04. The SMILES string of the molecule is Cc1[nH]nc(CO)c1S(=O)(=O)N1CCc2ccccc2C1. The molecule has 0 saturated heterocycles. The van der Waals surface area contributed by atoms with Crippen LogP contribution in [0.5, 0.6) is 0 Å². The Balaban J connectivity index is 1.99. The predicted octanol–water partition coefficient (Wildman–Crippen LogP) is 0.957. The summed E-state index contributed by atoms with van der Waals surface area (Å²) in [7, 11) is -3.66. The lowest BCUT2D eigenvalue weighted by atomic mass is 10.0. The standard InChI is InChI=1S/C14H17N3O3S/c1-10-14(13(9-18)16-15-10)21(19,20)17-7-6-11-4-2-3-5-12(11)8-17/h2-5,18H,6-9H2,1H3,(H,15,16). The van der Waals surface area contributed by atoms with Crippen LogP contribution in [0.25, 0.3) is 0 Å². The van der Waals surface area contributed by atoms with Gasteiger partial charge in [-0.25, -0.2) is 8.42 Å². The molecule has 2 heterocycles. The molecule has 0 aliphatic carbocycles. The van der Waals surface area contributed by atoms with E-state index in [-0.39, 0.29) is 10.6 Å². The number of aliphatic hydroxyl groups is 1. The Morgan fingerprint density at radius 2 is 2.05 bits per heavy atom. The van der Waals surface area contributed by atoms with Gasteiger partial charge < -0.3 is 5.11 Å². The van der Waals surface area contributed by atoms with Gasteiger partial charge in [-0.2, -0.15) is 9.40 Å². The maximum atomic E-state index is 12.8. The third kappa shape index (κ3) is 2.37. The highest BCUT2D eigenvalue weighted by Crippen LogP contribution is 2.27. The lowest BCUT2D eigenvalue weighted by Gasteiger charge is -2.28. The summed E-state index contributed by atoms with van der Waals surface area (Å²) in [6, 6.07) is 7.86. The van der Waals surface area contributed by atoms with Crippen LogP contribution in [0.2, 0.25) is 0 Å². The first kappa shape index (κ1) is 14.2. The van der Waals surface area contributed by atoms with Crippen molar-refractivity contribution in [3.8, 4) is 0 Å². The van der Waals surface area contributed by atoms with Crippen LogP contribution in [0.3, 0.4) is 0 Å². The number of fused-ring (bicyclic) bond motifs is 1. The highest BCUT2D eigenvalue weighted by atomic mass is 32.2. The minimum Gasteiger partial charge on any atom is -0.390 e. The van der Waals surface area contributed by atoms with E-state index in [9.17, 15) is 13.5 Å². The number of aryl methyl sites for hydroxylation is 1. The summed E-state index contributed by atoms with van der Waals surface area (Å²) in [5, 5.41) is 15.8. The second kappa shape index (κ2) is 5.25. The van der Waals surface area contributed by atoms with E-state index < -0.39 is 16.6 Å². The van der Waals surface area contributed by atoms with Crippen LogP contribution in [-0.2, 0) is 29.6 Å².